The Balaban J connectivity index is 0.000000194. The van der Waals surface area contributed by atoms with Gasteiger partial charge in [-0.05, 0) is 193 Å². The normalized spacial score (nSPS) is 23.1. The fourth-order valence-corrected chi connectivity index (χ4v) is 18.4. The number of rotatable bonds is 29. The second-order valence-electron chi connectivity index (χ2n) is 41.5. The molecule has 776 valence electrons. The third kappa shape index (κ3) is 31.6. The minimum atomic E-state index is -4.25. The highest BCUT2D eigenvalue weighted by molar-refractivity contribution is 7.85. The highest BCUT2D eigenvalue weighted by Gasteiger charge is 2.52. The number of nitrogens with two attached hydrogens (primary N) is 1. The smallest absolute Gasteiger partial charge is 0.411 e. The van der Waals surface area contributed by atoms with Crippen LogP contribution < -0.4 is 49.7 Å². The molecule has 4 aliphatic carbocycles. The number of carbonyl (C=O) groups is 10. The average molecular weight is 2000 g/mol. The third-order valence-corrected chi connectivity index (χ3v) is 26.9. The van der Waals surface area contributed by atoms with Gasteiger partial charge in [-0.3, -0.25) is 14.5 Å². The number of amides is 4. The number of likely N-dealkylation sites (tertiary alicyclic amines) is 1. The Morgan fingerprint density at radius 2 is 1.06 bits per heavy atom. The van der Waals surface area contributed by atoms with Gasteiger partial charge in [-0.2, -0.15) is 0 Å². The summed E-state index contributed by atoms with van der Waals surface area (Å²) in [4.78, 5) is 155. The third-order valence-electron chi connectivity index (χ3n) is 26.0. The number of hydrogen-bond acceptors (Lipinski definition) is 32. The zero-order valence-electron chi connectivity index (χ0n) is 84.4. The quantitative estimate of drug-likeness (QED) is 0.0110. The zero-order valence-corrected chi connectivity index (χ0v) is 85.2. The fraction of sp³-hybridized carbons (Fsp3) is 0.608. The van der Waals surface area contributed by atoms with Crippen LogP contribution in [-0.2, 0) is 91.3 Å². The largest absolute Gasteiger partial charge is 0.744 e. The van der Waals surface area contributed by atoms with Crippen molar-refractivity contribution in [1.82, 2.24) is 50.8 Å². The number of aliphatic carboxylic acids is 2. The number of aryl methyl sites for hydroxylation is 3. The molecule has 7 aliphatic rings. The zero-order chi connectivity index (χ0) is 103. The van der Waals surface area contributed by atoms with Gasteiger partial charge in [0.2, 0.25) is 17.6 Å². The van der Waals surface area contributed by atoms with E-state index in [4.69, 9.17) is 91.5 Å². The number of unbranched alkanes of at least 4 members (excludes halogenated alkanes) is 4. The van der Waals surface area contributed by atoms with E-state index in [-0.39, 0.29) is 66.0 Å². The number of esters is 3. The molecule has 4 amide bonds. The van der Waals surface area contributed by atoms with Crippen LogP contribution in [0.3, 0.4) is 0 Å². The van der Waals surface area contributed by atoms with Crippen LogP contribution in [0.15, 0.2) is 89.8 Å². The Kier molecular flexibility index (Phi) is 37.7. The predicted octanol–water partition coefficient (Wildman–Crippen LogP) is 13.3. The summed E-state index contributed by atoms with van der Waals surface area (Å²) in [6, 6.07) is 19.7. The summed E-state index contributed by atoms with van der Waals surface area (Å²) in [7, 11) is 4.52. The predicted molar refractivity (Wildman–Crippen MR) is 516 cm³/mol. The molecule has 14 rings (SSSR count). The number of benzene rings is 4. The van der Waals surface area contributed by atoms with E-state index in [1.165, 1.54) is 50.5 Å². The van der Waals surface area contributed by atoms with Crippen LogP contribution >= 0.6 is 0 Å². The van der Waals surface area contributed by atoms with E-state index in [1.807, 2.05) is 74.6 Å². The SMILES string of the molecule is COC(=O)[C@@H]1C[C@@H](Oc2nc3cc(OC)ccc3nc2CCCCC[C@@H]2C[C@H]2OC(=O)N[C@H](C(=O)O)C(C)(C)C)CN1C(=O)OC(C)(C)C.COC(=O)[C@@H]1C[C@@H](Oc2nc3cc(OC)ccc3nc2CCCCC[C@@H]2C[C@H]2OC(=O)N[C@H](C(=O)O)C(C)(C)C)C[NH2+]1.COC(=O)[C@@H]1C[C@@H]2CC1C(=O)[C@H](C(C)(C)C)NC(=O)O[C@@H]1C[C@H]1CCCCCc1nc3ccc(OC)cc3nc1O2.O=S(=O)([O-])c1ccccc1. The summed E-state index contributed by atoms with van der Waals surface area (Å²) in [5.41, 5.74) is 3.71. The number of alkyl carbamates (subject to hydrolysis) is 3. The van der Waals surface area contributed by atoms with E-state index in [1.54, 1.807) is 95.8 Å². The van der Waals surface area contributed by atoms with Gasteiger partial charge in [0.1, 0.15) is 105 Å². The van der Waals surface area contributed by atoms with Crippen molar-refractivity contribution in [2.24, 2.45) is 45.8 Å². The maximum absolute atomic E-state index is 14.0. The van der Waals surface area contributed by atoms with Crippen LogP contribution in [0.4, 0.5) is 19.2 Å². The van der Waals surface area contributed by atoms with Gasteiger partial charge in [0, 0.05) is 30.5 Å². The lowest BCUT2D eigenvalue weighted by molar-refractivity contribution is -0.660. The number of nitrogens with zero attached hydrogens (tertiary/aromatic N) is 7. The number of methoxy groups -OCH3 is 6. The van der Waals surface area contributed by atoms with Crippen LogP contribution in [0.5, 0.6) is 34.9 Å². The number of carboxylic acid groups (broad SMARTS) is 2. The number of nitrogens with one attached hydrogen (secondary N) is 3. The average Bonchev–Trinajstić information content (AvgIpc) is 1.59. The van der Waals surface area contributed by atoms with Crippen LogP contribution in [0.1, 0.15) is 222 Å². The molecule has 2 bridgehead atoms. The van der Waals surface area contributed by atoms with Gasteiger partial charge < -0.3 is 97.6 Å². The van der Waals surface area contributed by atoms with Gasteiger partial charge in [0.15, 0.2) is 17.9 Å². The van der Waals surface area contributed by atoms with E-state index in [9.17, 15) is 71.1 Å². The number of ketones is 1. The summed E-state index contributed by atoms with van der Waals surface area (Å²) in [5.74, 6) is -0.972. The van der Waals surface area contributed by atoms with Crippen molar-refractivity contribution in [3.63, 3.8) is 0 Å². The van der Waals surface area contributed by atoms with Crippen molar-refractivity contribution >= 4 is 103 Å². The number of aromatic nitrogens is 6. The van der Waals surface area contributed by atoms with Crippen molar-refractivity contribution in [1.29, 1.82) is 0 Å². The minimum Gasteiger partial charge on any atom is -0.744 e. The molecule has 3 aliphatic heterocycles. The van der Waals surface area contributed by atoms with Gasteiger partial charge in [0.25, 0.3) is 0 Å². The van der Waals surface area contributed by atoms with Gasteiger partial charge in [-0.25, -0.2) is 76.7 Å². The lowest BCUT2D eigenvalue weighted by Crippen LogP contribution is -2.89. The molecule has 4 saturated carbocycles. The first-order chi connectivity index (χ1) is 67.1. The number of hydrogen-bond donors (Lipinski definition) is 6. The Morgan fingerprint density at radius 3 is 1.54 bits per heavy atom. The van der Waals surface area contributed by atoms with E-state index in [0.717, 1.165) is 119 Å². The lowest BCUT2D eigenvalue weighted by Gasteiger charge is -2.32. The summed E-state index contributed by atoms with van der Waals surface area (Å²) in [5, 5.41) is 28.6. The van der Waals surface area contributed by atoms with Gasteiger partial charge >= 0.3 is 54.2 Å². The van der Waals surface area contributed by atoms with Crippen molar-refractivity contribution in [3.05, 3.63) is 102 Å². The molecule has 4 aromatic carbocycles. The monoisotopic (exact) mass is 2000 g/mol. The Bertz CT molecular complexity index is 5710. The molecule has 3 aromatic heterocycles. The Hall–Kier alpha value is -12.3. The van der Waals surface area contributed by atoms with E-state index >= 15 is 0 Å². The van der Waals surface area contributed by atoms with Crippen molar-refractivity contribution in [2.75, 3.05) is 55.7 Å². The second-order valence-corrected chi connectivity index (χ2v) is 42.8. The maximum Gasteiger partial charge on any atom is 0.411 e. The van der Waals surface area contributed by atoms with Gasteiger partial charge in [-0.1, -0.05) is 119 Å². The number of quaternary nitrogens is 1. The van der Waals surface area contributed by atoms with Gasteiger partial charge in [-0.15, -0.1) is 0 Å². The summed E-state index contributed by atoms with van der Waals surface area (Å²) in [6.07, 6.45) is 12.6. The van der Waals surface area contributed by atoms with Gasteiger partial charge in [0.05, 0.1) is 106 Å². The number of Topliss-reactive ketones (excluding diaryl/α,β-unsaturated/α-hetero) is 1. The first kappa shape index (κ1) is 110. The van der Waals surface area contributed by atoms with Crippen molar-refractivity contribution in [3.8, 4) is 34.9 Å². The van der Waals surface area contributed by atoms with Crippen LogP contribution in [0.2, 0.25) is 0 Å². The lowest BCUT2D eigenvalue weighted by atomic mass is 9.77. The van der Waals surface area contributed by atoms with E-state index in [0.29, 0.717) is 120 Å². The summed E-state index contributed by atoms with van der Waals surface area (Å²) in [6.45, 7) is 22.2. The molecule has 16 atom stereocenters. The Morgan fingerprint density at radius 1 is 0.556 bits per heavy atom. The molecule has 7 aromatic rings. The number of fused-ring (bicyclic) bond motifs is 7. The van der Waals surface area contributed by atoms with Crippen LogP contribution in [-0.4, -0.2) is 246 Å². The highest BCUT2D eigenvalue weighted by atomic mass is 32.2. The molecule has 2 saturated heterocycles. The molecular formula is C102H139N11O28S. The second kappa shape index (κ2) is 48.6. The molecule has 40 heteroatoms. The summed E-state index contributed by atoms with van der Waals surface area (Å²) < 4.78 is 103. The molecular weight excluding hydrogens is 1860 g/mol. The molecule has 6 heterocycles. The summed E-state index contributed by atoms with van der Waals surface area (Å²) >= 11 is 0. The molecule has 7 N–H and O–H groups in total. The molecule has 6 fully saturated rings. The fourth-order valence-electron chi connectivity index (χ4n) is 17.9. The van der Waals surface area contributed by atoms with Crippen molar-refractivity contribution < 1.29 is 138 Å². The number of carbonyl (C=O) groups excluding carboxylic acids is 8. The van der Waals surface area contributed by atoms with E-state index in [2.05, 4.69) is 16.0 Å². The molecule has 142 heavy (non-hydrogen) atoms. The number of ether oxygens (including phenoxy) is 13. The topological polar surface area (TPSA) is 522 Å². The maximum atomic E-state index is 14.0. The Labute approximate surface area is 827 Å². The van der Waals surface area contributed by atoms with Crippen LogP contribution in [0.25, 0.3) is 33.1 Å². The van der Waals surface area contributed by atoms with E-state index < -0.39 is 128 Å². The molecule has 0 radical (unpaired) electrons. The van der Waals surface area contributed by atoms with Crippen molar-refractivity contribution in [2.45, 2.75) is 302 Å². The molecule has 0 spiro atoms. The minimum absolute atomic E-state index is 0.113. The number of carboxylic acids is 2. The van der Waals surface area contributed by atoms with Crippen LogP contribution in [0, 0.1) is 45.8 Å². The standard InChI is InChI=1S/C35H50N4O10.C31H41N3O7.C30H42N4O8.C6H6O3S/c1-34(2,3)28(30(40)41)38-32(43)48-27-16-20(27)12-10-9-11-13-24-29(37-25-17-21(45-7)14-15-23(25)36-24)47-22-18-26(31(42)46-8)39(19-22)33(44)49-35(4,5)6;1-31(2,3)27-26(35)20-14-19(15-21(20)29(36)39-5)40-28-23(32-22-12-11-18(38-4)16-24(22)33-28)10-8-6-7-9-17-13-25(17)41-30(37)34-27;1-30(2,3)25(27(35)36)34-29(38)42-24-13-17(24)9-7-6-8-10-21-26(41-19-15-23(31-16-19)28(37)40-5)33-22-14-18(39-4)11-12-20(22)32-21;7-10(8,9)6-4-2-1-3-5-6/h14-15,17,20,22,26-28H,9-13,16,18-19H2,1-8H3,(H,38,43)(H,40,41);11-12,16-17,19-21,25,27H,6-10,13-15H2,1-5H3,(H,34,37);11-12,14,17,19,23-25,31H,6-10,13,15-16H2,1-5H3,(H,34,38)(H,35,36);1-5H,(H,7,8,9)/t20-,22-,26+,27-,28-;17-,19+,20?,21-,25-,27-;17-,19-,23+,24-,25-;/m111./s1. The molecule has 1 unspecified atom stereocenters. The highest BCUT2D eigenvalue weighted by Crippen LogP contribution is 2.44. The molecule has 39 nitrogen and oxygen atoms in total. The first-order valence-corrected chi connectivity index (χ1v) is 50.1. The first-order valence-electron chi connectivity index (χ1n) is 48.7.